The molecule has 0 amide bonds. The molecule has 0 atom stereocenters. The summed E-state index contributed by atoms with van der Waals surface area (Å²) in [4.78, 5) is 0. The van der Waals surface area contributed by atoms with Gasteiger partial charge in [-0.3, -0.25) is 0 Å². The molecule has 0 bridgehead atoms. The third-order valence-corrected chi connectivity index (χ3v) is 4.44. The Labute approximate surface area is 141 Å². The van der Waals surface area contributed by atoms with Crippen LogP contribution in [0.25, 0.3) is 0 Å². The molecule has 106 valence electrons. The van der Waals surface area contributed by atoms with Gasteiger partial charge in [-0.05, 0) is 46.7 Å². The first-order valence-corrected chi connectivity index (χ1v) is 7.69. The molecule has 20 heavy (non-hydrogen) atoms. The molecule has 0 radical (unpaired) electrons. The van der Waals surface area contributed by atoms with E-state index >= 15 is 0 Å². The van der Waals surface area contributed by atoms with E-state index in [1.54, 1.807) is 18.2 Å². The Balaban J connectivity index is 2.26. The molecule has 2 nitrogen and oxygen atoms in total. The minimum absolute atomic E-state index is 0.469. The lowest BCUT2D eigenvalue weighted by atomic mass is 10.2. The van der Waals surface area contributed by atoms with E-state index in [0.717, 1.165) is 10.0 Å². The smallest absolute Gasteiger partial charge is 0.147 e. The summed E-state index contributed by atoms with van der Waals surface area (Å²) in [6.45, 7) is 0.698. The first kappa shape index (κ1) is 15.9. The number of nitrogens with one attached hydrogen (secondary N) is 1. The Kier molecular flexibility index (Phi) is 5.58. The Morgan fingerprint density at radius 1 is 1.05 bits per heavy atom. The van der Waals surface area contributed by atoms with Gasteiger partial charge in [-0.25, -0.2) is 0 Å². The van der Waals surface area contributed by atoms with Crippen LogP contribution in [0.15, 0.2) is 34.8 Å². The zero-order chi connectivity index (χ0) is 14.7. The molecule has 0 aliphatic rings. The Bertz CT molecular complexity index is 634. The lowest BCUT2D eigenvalue weighted by Gasteiger charge is -2.11. The second kappa shape index (κ2) is 7.01. The third-order valence-electron chi connectivity index (χ3n) is 2.59. The molecular weight excluding hydrogens is 384 g/mol. The molecule has 1 N–H and O–H groups in total. The van der Waals surface area contributed by atoms with Crippen molar-refractivity contribution in [2.45, 2.75) is 6.54 Å². The Morgan fingerprint density at radius 3 is 2.45 bits per heavy atom. The molecule has 0 aromatic heterocycles. The topological polar surface area (TPSA) is 21.3 Å². The SMILES string of the molecule is CNCc1ccc(Oc2cc(Cl)c(Br)cc2Cl)cc1Cl. The van der Waals surface area contributed by atoms with Gasteiger partial charge in [-0.2, -0.15) is 0 Å². The van der Waals surface area contributed by atoms with Crippen molar-refractivity contribution >= 4 is 50.7 Å². The van der Waals surface area contributed by atoms with Crippen molar-refractivity contribution in [1.29, 1.82) is 0 Å². The Morgan fingerprint density at radius 2 is 1.80 bits per heavy atom. The summed E-state index contributed by atoms with van der Waals surface area (Å²) in [6, 6.07) is 8.84. The summed E-state index contributed by atoms with van der Waals surface area (Å²) in [5.74, 6) is 1.09. The third kappa shape index (κ3) is 3.80. The maximum absolute atomic E-state index is 6.18. The Hall–Kier alpha value is -0.450. The van der Waals surface area contributed by atoms with Crippen molar-refractivity contribution in [3.05, 3.63) is 55.4 Å². The molecule has 2 aromatic carbocycles. The van der Waals surface area contributed by atoms with E-state index in [0.29, 0.717) is 33.1 Å². The maximum Gasteiger partial charge on any atom is 0.147 e. The molecule has 6 heteroatoms. The van der Waals surface area contributed by atoms with Crippen LogP contribution in [0.2, 0.25) is 15.1 Å². The van der Waals surface area contributed by atoms with E-state index in [1.165, 1.54) is 0 Å². The summed E-state index contributed by atoms with van der Waals surface area (Å²) in [5, 5.41) is 4.68. The van der Waals surface area contributed by atoms with Crippen LogP contribution in [0, 0.1) is 0 Å². The highest BCUT2D eigenvalue weighted by Gasteiger charge is 2.09. The van der Waals surface area contributed by atoms with Crippen LogP contribution in [-0.4, -0.2) is 7.05 Å². The fourth-order valence-electron chi connectivity index (χ4n) is 1.63. The largest absolute Gasteiger partial charge is 0.456 e. The van der Waals surface area contributed by atoms with Gasteiger partial charge in [0.15, 0.2) is 0 Å². The van der Waals surface area contributed by atoms with Crippen LogP contribution in [0.5, 0.6) is 11.5 Å². The molecule has 0 heterocycles. The quantitative estimate of drug-likeness (QED) is 0.649. The van der Waals surface area contributed by atoms with Gasteiger partial charge in [0, 0.05) is 22.1 Å². The second-order valence-electron chi connectivity index (χ2n) is 4.08. The van der Waals surface area contributed by atoms with Crippen molar-refractivity contribution < 1.29 is 4.74 Å². The van der Waals surface area contributed by atoms with Crippen LogP contribution in [0.1, 0.15) is 5.56 Å². The van der Waals surface area contributed by atoms with Gasteiger partial charge in [0.25, 0.3) is 0 Å². The standard InChI is InChI=1S/C14H11BrCl3NO/c1-19-7-8-2-3-9(4-11(8)16)20-14-6-12(17)10(15)5-13(14)18/h2-6,19H,7H2,1H3. The molecule has 0 aliphatic carbocycles. The van der Waals surface area contributed by atoms with Crippen molar-refractivity contribution in [3.63, 3.8) is 0 Å². The average Bonchev–Trinajstić information content (AvgIpc) is 2.39. The fraction of sp³-hybridized carbons (Fsp3) is 0.143. The number of ether oxygens (including phenoxy) is 1. The normalized spacial score (nSPS) is 10.7. The van der Waals surface area contributed by atoms with Crippen LogP contribution in [-0.2, 0) is 6.54 Å². The molecule has 0 fully saturated rings. The molecule has 0 spiro atoms. The van der Waals surface area contributed by atoms with Gasteiger partial charge >= 0.3 is 0 Å². The zero-order valence-corrected chi connectivity index (χ0v) is 14.4. The van der Waals surface area contributed by atoms with Crippen molar-refractivity contribution in [3.8, 4) is 11.5 Å². The van der Waals surface area contributed by atoms with E-state index in [-0.39, 0.29) is 0 Å². The number of halogens is 4. The van der Waals surface area contributed by atoms with Gasteiger partial charge in [-0.15, -0.1) is 0 Å². The van der Waals surface area contributed by atoms with E-state index in [2.05, 4.69) is 21.2 Å². The van der Waals surface area contributed by atoms with Crippen LogP contribution < -0.4 is 10.1 Å². The predicted molar refractivity (Wildman–Crippen MR) is 88.5 cm³/mol. The minimum Gasteiger partial charge on any atom is -0.456 e. The van der Waals surface area contributed by atoms with Crippen molar-refractivity contribution in [2.75, 3.05) is 7.05 Å². The molecule has 0 saturated heterocycles. The minimum atomic E-state index is 0.469. The number of hydrogen-bond donors (Lipinski definition) is 1. The van der Waals surface area contributed by atoms with Gasteiger partial charge in [0.1, 0.15) is 11.5 Å². The molecule has 0 unspecified atom stereocenters. The van der Waals surface area contributed by atoms with E-state index in [4.69, 9.17) is 39.5 Å². The van der Waals surface area contributed by atoms with Gasteiger partial charge in [-0.1, -0.05) is 40.9 Å². The molecule has 0 aliphatic heterocycles. The highest BCUT2D eigenvalue weighted by Crippen LogP contribution is 2.37. The summed E-state index contributed by atoms with van der Waals surface area (Å²) in [5.41, 5.74) is 1.00. The second-order valence-corrected chi connectivity index (χ2v) is 6.16. The first-order valence-electron chi connectivity index (χ1n) is 5.76. The first-order chi connectivity index (χ1) is 9.51. The van der Waals surface area contributed by atoms with Gasteiger partial charge in [0.2, 0.25) is 0 Å². The summed E-state index contributed by atoms with van der Waals surface area (Å²) in [7, 11) is 1.87. The molecule has 2 rings (SSSR count). The molecule has 2 aromatic rings. The van der Waals surface area contributed by atoms with E-state index in [9.17, 15) is 0 Å². The van der Waals surface area contributed by atoms with Gasteiger partial charge in [0.05, 0.1) is 10.0 Å². The highest BCUT2D eigenvalue weighted by molar-refractivity contribution is 9.10. The number of hydrogen-bond acceptors (Lipinski definition) is 2. The van der Waals surface area contributed by atoms with E-state index < -0.39 is 0 Å². The average molecular weight is 396 g/mol. The lowest BCUT2D eigenvalue weighted by Crippen LogP contribution is -2.05. The summed E-state index contributed by atoms with van der Waals surface area (Å²) < 4.78 is 6.44. The van der Waals surface area contributed by atoms with E-state index in [1.807, 2.05) is 19.2 Å². The van der Waals surface area contributed by atoms with Gasteiger partial charge < -0.3 is 10.1 Å². The molecule has 0 saturated carbocycles. The van der Waals surface area contributed by atoms with Crippen molar-refractivity contribution in [1.82, 2.24) is 5.32 Å². The number of rotatable bonds is 4. The van der Waals surface area contributed by atoms with Crippen LogP contribution >= 0.6 is 50.7 Å². The maximum atomic E-state index is 6.18. The van der Waals surface area contributed by atoms with Crippen LogP contribution in [0.4, 0.5) is 0 Å². The monoisotopic (exact) mass is 393 g/mol. The fourth-order valence-corrected chi connectivity index (χ4v) is 2.70. The zero-order valence-electron chi connectivity index (χ0n) is 10.5. The summed E-state index contributed by atoms with van der Waals surface area (Å²) in [6.07, 6.45) is 0. The predicted octanol–water partition coefficient (Wildman–Crippen LogP) is 5.92. The highest BCUT2D eigenvalue weighted by atomic mass is 79.9. The van der Waals surface area contributed by atoms with Crippen molar-refractivity contribution in [2.24, 2.45) is 0 Å². The lowest BCUT2D eigenvalue weighted by molar-refractivity contribution is 0.482. The molecular formula is C14H11BrCl3NO. The van der Waals surface area contributed by atoms with Crippen LogP contribution in [0.3, 0.4) is 0 Å². The number of benzene rings is 2. The summed E-state index contributed by atoms with van der Waals surface area (Å²) >= 11 is 21.6.